The van der Waals surface area contributed by atoms with Crippen LogP contribution in [0, 0.1) is 0 Å². The molecule has 6 rings (SSSR count). The largest absolute Gasteiger partial charge is 0.485 e. The molecular weight excluding hydrogens is 512 g/mol. The van der Waals surface area contributed by atoms with Crippen LogP contribution in [0.25, 0.3) is 0 Å². The molecule has 1 saturated heterocycles. The van der Waals surface area contributed by atoms with Crippen LogP contribution in [0.4, 0.5) is 5.82 Å². The Balaban J connectivity index is 1.07. The fourth-order valence-corrected chi connectivity index (χ4v) is 5.61. The van der Waals surface area contributed by atoms with Crippen molar-refractivity contribution in [1.82, 2.24) is 15.3 Å². The van der Waals surface area contributed by atoms with Gasteiger partial charge in [0, 0.05) is 24.8 Å². The molecule has 2 aromatic heterocycles. The van der Waals surface area contributed by atoms with E-state index in [1.165, 1.54) is 18.2 Å². The second kappa shape index (κ2) is 11.2. The van der Waals surface area contributed by atoms with E-state index in [9.17, 15) is 9.59 Å². The van der Waals surface area contributed by atoms with E-state index in [0.717, 1.165) is 67.2 Å². The predicted molar refractivity (Wildman–Crippen MR) is 149 cm³/mol. The lowest BCUT2D eigenvalue weighted by molar-refractivity contribution is 0.0851. The number of aryl methyl sites for hydroxylation is 1. The molecule has 2 aromatic carbocycles. The number of carbonyl (C=O) groups excluding carboxylic acids is 2. The molecule has 1 N–H and O–H groups in total. The van der Waals surface area contributed by atoms with Gasteiger partial charge in [-0.15, -0.1) is 0 Å². The average molecular weight is 541 g/mol. The van der Waals surface area contributed by atoms with Gasteiger partial charge in [0.05, 0.1) is 6.20 Å². The average Bonchev–Trinajstić information content (AvgIpc) is 3.46. The highest BCUT2D eigenvalue weighted by atomic mass is 32.1. The van der Waals surface area contributed by atoms with Gasteiger partial charge in [0.15, 0.2) is 0 Å². The van der Waals surface area contributed by atoms with Crippen LogP contribution in [0.3, 0.4) is 0 Å². The summed E-state index contributed by atoms with van der Waals surface area (Å²) in [6.07, 6.45) is 8.24. The summed E-state index contributed by atoms with van der Waals surface area (Å²) < 4.78 is 12.1. The SMILES string of the molecule is O=C(NC(=O)c1cnc(Oc2ccc3c(c2)CC[C@@H](c2ccccc2)O3)s1)c1ccnc(N2CCCCC2)c1. The number of nitrogens with one attached hydrogen (secondary N) is 1. The van der Waals surface area contributed by atoms with Crippen molar-refractivity contribution in [3.8, 4) is 16.7 Å². The van der Waals surface area contributed by atoms with Crippen LogP contribution in [0.5, 0.6) is 16.7 Å². The Morgan fingerprint density at radius 3 is 2.67 bits per heavy atom. The van der Waals surface area contributed by atoms with Crippen LogP contribution in [0.15, 0.2) is 73.1 Å². The van der Waals surface area contributed by atoms with Gasteiger partial charge in [0.1, 0.15) is 28.3 Å². The topological polar surface area (TPSA) is 93.7 Å². The number of hydrogen-bond donors (Lipinski definition) is 1. The quantitative estimate of drug-likeness (QED) is 0.302. The Morgan fingerprint density at radius 2 is 1.82 bits per heavy atom. The van der Waals surface area contributed by atoms with Crippen molar-refractivity contribution in [3.63, 3.8) is 0 Å². The lowest BCUT2D eigenvalue weighted by Gasteiger charge is -2.27. The van der Waals surface area contributed by atoms with Crippen molar-refractivity contribution < 1.29 is 19.1 Å². The summed E-state index contributed by atoms with van der Waals surface area (Å²) in [5.74, 6) is 1.23. The lowest BCUT2D eigenvalue weighted by atomic mass is 9.97. The predicted octanol–water partition coefficient (Wildman–Crippen LogP) is 5.96. The summed E-state index contributed by atoms with van der Waals surface area (Å²) >= 11 is 1.08. The molecule has 1 atom stereocenters. The Kier molecular flexibility index (Phi) is 7.23. The van der Waals surface area contributed by atoms with E-state index in [0.29, 0.717) is 16.5 Å². The highest BCUT2D eigenvalue weighted by molar-refractivity contribution is 7.15. The minimum Gasteiger partial charge on any atom is -0.485 e. The number of fused-ring (bicyclic) bond motifs is 1. The van der Waals surface area contributed by atoms with E-state index in [1.54, 1.807) is 18.3 Å². The zero-order valence-electron chi connectivity index (χ0n) is 21.3. The summed E-state index contributed by atoms with van der Waals surface area (Å²) in [4.78, 5) is 36.6. The third-order valence-electron chi connectivity index (χ3n) is 6.98. The number of pyridine rings is 1. The van der Waals surface area contributed by atoms with Gasteiger partial charge in [0.25, 0.3) is 17.0 Å². The van der Waals surface area contributed by atoms with Gasteiger partial charge in [-0.3, -0.25) is 14.9 Å². The van der Waals surface area contributed by atoms with Gasteiger partial charge in [0.2, 0.25) is 0 Å². The molecule has 8 nitrogen and oxygen atoms in total. The van der Waals surface area contributed by atoms with E-state index >= 15 is 0 Å². The van der Waals surface area contributed by atoms with Crippen molar-refractivity contribution in [2.24, 2.45) is 0 Å². The number of benzene rings is 2. The Hall–Kier alpha value is -4.24. The van der Waals surface area contributed by atoms with Crippen LogP contribution in [0.2, 0.25) is 0 Å². The molecule has 0 radical (unpaired) electrons. The minimum atomic E-state index is -0.519. The number of anilines is 1. The molecule has 2 aliphatic heterocycles. The third-order valence-corrected chi connectivity index (χ3v) is 7.85. The zero-order valence-corrected chi connectivity index (χ0v) is 22.2. The minimum absolute atomic E-state index is 0.0386. The van der Waals surface area contributed by atoms with Crippen LogP contribution in [0.1, 0.15) is 62.9 Å². The van der Waals surface area contributed by atoms with E-state index in [-0.39, 0.29) is 11.0 Å². The number of nitrogens with zero attached hydrogens (tertiary/aromatic N) is 3. The van der Waals surface area contributed by atoms with Crippen molar-refractivity contribution >= 4 is 29.0 Å². The molecule has 0 unspecified atom stereocenters. The molecule has 39 heavy (non-hydrogen) atoms. The first-order valence-corrected chi connectivity index (χ1v) is 14.0. The molecule has 4 heterocycles. The second-order valence-electron chi connectivity index (χ2n) is 9.65. The number of rotatable bonds is 6. The van der Waals surface area contributed by atoms with E-state index < -0.39 is 11.8 Å². The van der Waals surface area contributed by atoms with Gasteiger partial charge >= 0.3 is 0 Å². The first-order valence-electron chi connectivity index (χ1n) is 13.2. The molecule has 4 aromatic rings. The number of aromatic nitrogens is 2. The van der Waals surface area contributed by atoms with Crippen molar-refractivity contribution in [3.05, 3.63) is 94.6 Å². The highest BCUT2D eigenvalue weighted by Gasteiger charge is 2.22. The summed E-state index contributed by atoms with van der Waals surface area (Å²) in [6, 6.07) is 19.3. The molecule has 0 saturated carbocycles. The Bertz CT molecular complexity index is 1480. The van der Waals surface area contributed by atoms with Gasteiger partial charge in [-0.2, -0.15) is 0 Å². The summed E-state index contributed by atoms with van der Waals surface area (Å²) in [5.41, 5.74) is 2.63. The zero-order chi connectivity index (χ0) is 26.6. The smallest absolute Gasteiger partial charge is 0.279 e. The maximum atomic E-state index is 12.8. The maximum Gasteiger partial charge on any atom is 0.279 e. The van der Waals surface area contributed by atoms with Gasteiger partial charge in [-0.25, -0.2) is 9.97 Å². The lowest BCUT2D eigenvalue weighted by Crippen LogP contribution is -2.32. The summed E-state index contributed by atoms with van der Waals surface area (Å²) in [7, 11) is 0. The monoisotopic (exact) mass is 540 g/mol. The van der Waals surface area contributed by atoms with E-state index in [2.05, 4.69) is 32.3 Å². The number of thiazole rings is 1. The molecule has 1 fully saturated rings. The Morgan fingerprint density at radius 1 is 0.974 bits per heavy atom. The number of piperidine rings is 1. The number of amides is 2. The van der Waals surface area contributed by atoms with Crippen LogP contribution in [-0.2, 0) is 6.42 Å². The second-order valence-corrected chi connectivity index (χ2v) is 10.6. The van der Waals surface area contributed by atoms with Gasteiger partial charge in [-0.05, 0) is 73.6 Å². The fraction of sp³-hybridized carbons (Fsp3) is 0.267. The van der Waals surface area contributed by atoms with Crippen LogP contribution < -0.4 is 19.7 Å². The summed E-state index contributed by atoms with van der Waals surface area (Å²) in [5, 5.41) is 2.77. The standard InChI is InChI=1S/C30H28N4O4S/c35-28(22-13-14-31-27(18-22)34-15-5-2-6-16-34)33-29(36)26-19-32-30(39-26)37-23-10-12-25-21(17-23)9-11-24(38-25)20-7-3-1-4-8-20/h1,3-4,7-8,10,12-14,17-19,24H,2,5-6,9,11,15-16H2,(H,33,35,36)/t24-/m0/s1. The van der Waals surface area contributed by atoms with Crippen molar-refractivity contribution in [1.29, 1.82) is 0 Å². The van der Waals surface area contributed by atoms with Gasteiger partial charge in [-0.1, -0.05) is 41.7 Å². The number of carbonyl (C=O) groups is 2. The molecular formula is C30H28N4O4S. The number of hydrogen-bond acceptors (Lipinski definition) is 8. The first kappa shape index (κ1) is 25.1. The molecule has 0 aliphatic carbocycles. The molecule has 0 bridgehead atoms. The highest BCUT2D eigenvalue weighted by Crippen LogP contribution is 2.38. The Labute approximate surface area is 230 Å². The van der Waals surface area contributed by atoms with Crippen LogP contribution >= 0.6 is 11.3 Å². The fourth-order valence-electron chi connectivity index (χ4n) is 4.93. The van der Waals surface area contributed by atoms with E-state index in [4.69, 9.17) is 9.47 Å². The first-order chi connectivity index (χ1) is 19.1. The van der Waals surface area contributed by atoms with Crippen molar-refractivity contribution in [2.75, 3.05) is 18.0 Å². The molecule has 0 spiro atoms. The summed E-state index contributed by atoms with van der Waals surface area (Å²) in [6.45, 7) is 1.85. The molecule has 2 amide bonds. The van der Waals surface area contributed by atoms with Crippen molar-refractivity contribution in [2.45, 2.75) is 38.2 Å². The number of imide groups is 1. The van der Waals surface area contributed by atoms with Gasteiger partial charge < -0.3 is 14.4 Å². The third kappa shape index (κ3) is 5.78. The number of ether oxygens (including phenoxy) is 2. The maximum absolute atomic E-state index is 12.8. The molecule has 198 valence electrons. The molecule has 2 aliphatic rings. The van der Waals surface area contributed by atoms with E-state index in [1.807, 2.05) is 36.4 Å². The molecule has 9 heteroatoms. The normalized spacial score (nSPS) is 16.6. The van der Waals surface area contributed by atoms with Crippen LogP contribution in [-0.4, -0.2) is 34.9 Å².